The highest BCUT2D eigenvalue weighted by Gasteiger charge is 2.19. The summed E-state index contributed by atoms with van der Waals surface area (Å²) in [5, 5.41) is 7.52. The molecule has 0 radical (unpaired) electrons. The van der Waals surface area contributed by atoms with Crippen LogP contribution in [0.5, 0.6) is 5.75 Å². The number of para-hydroxylation sites is 1. The fourth-order valence-electron chi connectivity index (χ4n) is 2.15. The average molecular weight is 346 g/mol. The van der Waals surface area contributed by atoms with Gasteiger partial charge in [0.05, 0.1) is 12.6 Å². The van der Waals surface area contributed by atoms with Gasteiger partial charge in [-0.1, -0.05) is 38.1 Å². The van der Waals surface area contributed by atoms with E-state index in [2.05, 4.69) is 24.5 Å². The molecule has 2 amide bonds. The van der Waals surface area contributed by atoms with E-state index in [-0.39, 0.29) is 36.9 Å². The number of rotatable bonds is 8. The zero-order valence-electron chi connectivity index (χ0n) is 13.8. The van der Waals surface area contributed by atoms with Crippen molar-refractivity contribution in [2.24, 2.45) is 5.92 Å². The third-order valence-corrected chi connectivity index (χ3v) is 4.35. The number of hydrogen-bond acceptors (Lipinski definition) is 4. The third-order valence-electron chi connectivity index (χ3n) is 3.39. The van der Waals surface area contributed by atoms with Crippen molar-refractivity contribution >= 4 is 23.2 Å². The molecule has 2 aromatic rings. The van der Waals surface area contributed by atoms with Gasteiger partial charge < -0.3 is 15.4 Å². The van der Waals surface area contributed by atoms with Crippen LogP contribution in [-0.2, 0) is 9.59 Å². The summed E-state index contributed by atoms with van der Waals surface area (Å²) in [6, 6.07) is 13.0. The summed E-state index contributed by atoms with van der Waals surface area (Å²) in [7, 11) is 0. The Hall–Kier alpha value is -2.34. The number of nitrogens with one attached hydrogen (secondary N) is 2. The number of amides is 2. The quantitative estimate of drug-likeness (QED) is 0.772. The summed E-state index contributed by atoms with van der Waals surface area (Å²) in [4.78, 5) is 24.9. The highest BCUT2D eigenvalue weighted by molar-refractivity contribution is 7.10. The number of ether oxygens (including phenoxy) is 1. The predicted molar refractivity (Wildman–Crippen MR) is 95.0 cm³/mol. The lowest BCUT2D eigenvalue weighted by Gasteiger charge is -2.21. The van der Waals surface area contributed by atoms with Crippen LogP contribution < -0.4 is 15.4 Å². The average Bonchev–Trinajstić information content (AvgIpc) is 3.10. The van der Waals surface area contributed by atoms with Crippen molar-refractivity contribution in [1.82, 2.24) is 10.6 Å². The van der Waals surface area contributed by atoms with E-state index in [0.29, 0.717) is 5.75 Å². The summed E-state index contributed by atoms with van der Waals surface area (Å²) in [6.45, 7) is 3.93. The van der Waals surface area contributed by atoms with Gasteiger partial charge in [-0.2, -0.15) is 0 Å². The number of carbonyl (C=O) groups excluding carboxylic acids is 2. The van der Waals surface area contributed by atoms with Gasteiger partial charge in [0.15, 0.2) is 6.61 Å². The molecular formula is C18H22N2O3S. The van der Waals surface area contributed by atoms with Crippen molar-refractivity contribution in [3.05, 3.63) is 52.7 Å². The highest BCUT2D eigenvalue weighted by atomic mass is 32.1. The maximum absolute atomic E-state index is 12.1. The maximum atomic E-state index is 12.1. The van der Waals surface area contributed by atoms with Gasteiger partial charge in [-0.05, 0) is 29.5 Å². The van der Waals surface area contributed by atoms with Gasteiger partial charge in [-0.25, -0.2) is 0 Å². The van der Waals surface area contributed by atoms with Crippen molar-refractivity contribution in [2.45, 2.75) is 19.9 Å². The zero-order chi connectivity index (χ0) is 17.4. The van der Waals surface area contributed by atoms with Crippen molar-refractivity contribution < 1.29 is 14.3 Å². The molecule has 128 valence electrons. The second kappa shape index (κ2) is 9.08. The second-order valence-corrected chi connectivity index (χ2v) is 6.66. The van der Waals surface area contributed by atoms with E-state index >= 15 is 0 Å². The molecule has 1 aromatic heterocycles. The highest BCUT2D eigenvalue weighted by Crippen LogP contribution is 2.25. The first-order chi connectivity index (χ1) is 11.6. The molecule has 0 unspecified atom stereocenters. The molecule has 0 saturated heterocycles. The smallest absolute Gasteiger partial charge is 0.258 e. The van der Waals surface area contributed by atoms with Gasteiger partial charge in [-0.3, -0.25) is 9.59 Å². The van der Waals surface area contributed by atoms with Crippen LogP contribution >= 0.6 is 11.3 Å². The van der Waals surface area contributed by atoms with E-state index in [4.69, 9.17) is 4.74 Å². The van der Waals surface area contributed by atoms with Crippen molar-refractivity contribution in [1.29, 1.82) is 0 Å². The van der Waals surface area contributed by atoms with Crippen LogP contribution in [0.1, 0.15) is 24.8 Å². The zero-order valence-corrected chi connectivity index (χ0v) is 14.6. The summed E-state index contributed by atoms with van der Waals surface area (Å²) in [5.41, 5.74) is 0. The molecular weight excluding hydrogens is 324 g/mol. The molecule has 0 fully saturated rings. The summed E-state index contributed by atoms with van der Waals surface area (Å²) >= 11 is 1.61. The molecule has 2 N–H and O–H groups in total. The van der Waals surface area contributed by atoms with Crippen LogP contribution in [0.2, 0.25) is 0 Å². The lowest BCUT2D eigenvalue weighted by Crippen LogP contribution is -2.41. The minimum absolute atomic E-state index is 0.0463. The van der Waals surface area contributed by atoms with Crippen molar-refractivity contribution in [2.75, 3.05) is 13.2 Å². The van der Waals surface area contributed by atoms with Gasteiger partial charge in [-0.15, -0.1) is 11.3 Å². The molecule has 6 heteroatoms. The van der Waals surface area contributed by atoms with Crippen LogP contribution in [0.3, 0.4) is 0 Å². The summed E-state index contributed by atoms with van der Waals surface area (Å²) in [6.07, 6.45) is 0. The van der Waals surface area contributed by atoms with Crippen LogP contribution in [0, 0.1) is 5.92 Å². The standard InChI is InChI=1S/C18H22N2O3S/c1-13(2)18(15-9-6-10-24-15)20-16(21)11-19-17(22)12-23-14-7-4-3-5-8-14/h3-10,13,18H,11-12H2,1-2H3,(H,19,22)(H,20,21)/t18-/m1/s1. The second-order valence-electron chi connectivity index (χ2n) is 5.68. The van der Waals surface area contributed by atoms with Gasteiger partial charge in [0, 0.05) is 4.88 Å². The molecule has 0 bridgehead atoms. The first-order valence-corrected chi connectivity index (χ1v) is 8.71. The Kier molecular flexibility index (Phi) is 6.81. The van der Waals surface area contributed by atoms with Gasteiger partial charge >= 0.3 is 0 Å². The first kappa shape index (κ1) is 18.0. The van der Waals surface area contributed by atoms with Crippen LogP contribution in [0.15, 0.2) is 47.8 Å². The van der Waals surface area contributed by atoms with E-state index in [1.807, 2.05) is 35.7 Å². The minimum Gasteiger partial charge on any atom is -0.484 e. The molecule has 1 atom stereocenters. The van der Waals surface area contributed by atoms with Crippen LogP contribution in [0.25, 0.3) is 0 Å². The van der Waals surface area contributed by atoms with Crippen molar-refractivity contribution in [3.8, 4) is 5.75 Å². The topological polar surface area (TPSA) is 67.4 Å². The van der Waals surface area contributed by atoms with Crippen LogP contribution in [0.4, 0.5) is 0 Å². The van der Waals surface area contributed by atoms with E-state index < -0.39 is 0 Å². The molecule has 0 aliphatic rings. The van der Waals surface area contributed by atoms with Crippen LogP contribution in [-0.4, -0.2) is 25.0 Å². The minimum atomic E-state index is -0.328. The van der Waals surface area contributed by atoms with Gasteiger partial charge in [0.1, 0.15) is 5.75 Å². The molecule has 1 aromatic carbocycles. The normalized spacial score (nSPS) is 11.8. The summed E-state index contributed by atoms with van der Waals surface area (Å²) in [5.74, 6) is 0.348. The predicted octanol–water partition coefficient (Wildman–Crippen LogP) is 2.76. The molecule has 1 heterocycles. The van der Waals surface area contributed by atoms with Gasteiger partial charge in [0.2, 0.25) is 5.91 Å². The fraction of sp³-hybridized carbons (Fsp3) is 0.333. The van der Waals surface area contributed by atoms with E-state index in [0.717, 1.165) is 4.88 Å². The molecule has 0 aliphatic heterocycles. The number of benzene rings is 1. The molecule has 0 aliphatic carbocycles. The molecule has 0 spiro atoms. The Bertz CT molecular complexity index is 642. The lowest BCUT2D eigenvalue weighted by molar-refractivity contribution is -0.127. The largest absolute Gasteiger partial charge is 0.484 e. The van der Waals surface area contributed by atoms with E-state index in [1.54, 1.807) is 23.5 Å². The Morgan fingerprint density at radius 3 is 2.46 bits per heavy atom. The maximum Gasteiger partial charge on any atom is 0.258 e. The number of carbonyl (C=O) groups is 2. The molecule has 24 heavy (non-hydrogen) atoms. The van der Waals surface area contributed by atoms with E-state index in [9.17, 15) is 9.59 Å². The lowest BCUT2D eigenvalue weighted by atomic mass is 10.0. The number of hydrogen-bond donors (Lipinski definition) is 2. The monoisotopic (exact) mass is 346 g/mol. The fourth-order valence-corrected chi connectivity index (χ4v) is 3.10. The molecule has 0 saturated carbocycles. The Labute approximate surface area is 146 Å². The molecule has 5 nitrogen and oxygen atoms in total. The van der Waals surface area contributed by atoms with E-state index in [1.165, 1.54) is 0 Å². The Balaban J connectivity index is 1.74. The SMILES string of the molecule is CC(C)[C@@H](NC(=O)CNC(=O)COc1ccccc1)c1cccs1. The van der Waals surface area contributed by atoms with Gasteiger partial charge in [0.25, 0.3) is 5.91 Å². The number of thiophene rings is 1. The molecule has 2 rings (SSSR count). The first-order valence-electron chi connectivity index (χ1n) is 7.83. The Morgan fingerprint density at radius 2 is 1.83 bits per heavy atom. The third kappa shape index (κ3) is 5.70. The Morgan fingerprint density at radius 1 is 1.08 bits per heavy atom. The van der Waals surface area contributed by atoms with Crippen molar-refractivity contribution in [3.63, 3.8) is 0 Å². The summed E-state index contributed by atoms with van der Waals surface area (Å²) < 4.78 is 5.34.